The van der Waals surface area contributed by atoms with Crippen LogP contribution in [0.5, 0.6) is 0 Å². The molecule has 4 N–H and O–H groups in total. The molecule has 2 aromatic rings. The zero-order valence-electron chi connectivity index (χ0n) is 11.4. The summed E-state index contributed by atoms with van der Waals surface area (Å²) in [4.78, 5) is 19.2. The largest absolute Gasteiger partial charge is 0.393 e. The van der Waals surface area contributed by atoms with Crippen molar-refractivity contribution in [1.82, 2.24) is 15.3 Å². The Kier molecular flexibility index (Phi) is 4.36. The van der Waals surface area contributed by atoms with E-state index in [-0.39, 0.29) is 18.9 Å². The topological polar surface area (TPSA) is 98.2 Å². The quantitative estimate of drug-likeness (QED) is 0.612. The number of amides is 1. The number of nitrogens with zero attached hydrogens (tertiary/aromatic N) is 1. The van der Waals surface area contributed by atoms with Gasteiger partial charge in [0.15, 0.2) is 0 Å². The molecular formula is C14H19N3O3. The van der Waals surface area contributed by atoms with E-state index in [0.717, 1.165) is 16.9 Å². The van der Waals surface area contributed by atoms with E-state index < -0.39 is 12.2 Å². The van der Waals surface area contributed by atoms with Crippen molar-refractivity contribution >= 4 is 16.9 Å². The van der Waals surface area contributed by atoms with Gasteiger partial charge in [-0.3, -0.25) is 4.79 Å². The summed E-state index contributed by atoms with van der Waals surface area (Å²) in [6.45, 7) is 1.10. The van der Waals surface area contributed by atoms with Gasteiger partial charge < -0.3 is 20.5 Å². The minimum atomic E-state index is -1.28. The lowest BCUT2D eigenvalue weighted by molar-refractivity contribution is -0.122. The molecule has 0 aliphatic rings. The van der Waals surface area contributed by atoms with Crippen LogP contribution in [0, 0.1) is 0 Å². The summed E-state index contributed by atoms with van der Waals surface area (Å²) >= 11 is 0. The number of H-pyrrole nitrogens is 1. The number of aryl methyl sites for hydroxylation is 1. The second-order valence-electron chi connectivity index (χ2n) is 5.13. The molecule has 6 nitrogen and oxygen atoms in total. The molecule has 0 radical (unpaired) electrons. The number of aromatic amines is 1. The fourth-order valence-corrected chi connectivity index (χ4v) is 1.79. The summed E-state index contributed by atoms with van der Waals surface area (Å²) in [5.41, 5.74) is 0.548. The summed E-state index contributed by atoms with van der Waals surface area (Å²) in [7, 11) is 0. The van der Waals surface area contributed by atoms with E-state index in [0.29, 0.717) is 6.42 Å². The van der Waals surface area contributed by atoms with Crippen molar-refractivity contribution in [3.05, 3.63) is 30.1 Å². The number of fused-ring (bicyclic) bond motifs is 1. The fraction of sp³-hybridized carbons (Fsp3) is 0.429. The van der Waals surface area contributed by atoms with Crippen molar-refractivity contribution in [3.8, 4) is 0 Å². The van der Waals surface area contributed by atoms with E-state index in [1.807, 2.05) is 24.3 Å². The molecular weight excluding hydrogens is 258 g/mol. The first-order valence-corrected chi connectivity index (χ1v) is 6.54. The second kappa shape index (κ2) is 6.02. The molecule has 1 aromatic heterocycles. The minimum Gasteiger partial charge on any atom is -0.393 e. The Morgan fingerprint density at radius 3 is 2.90 bits per heavy atom. The Morgan fingerprint density at radius 2 is 2.20 bits per heavy atom. The molecule has 0 fully saturated rings. The van der Waals surface area contributed by atoms with Crippen LogP contribution >= 0.6 is 0 Å². The molecule has 1 atom stereocenters. The maximum Gasteiger partial charge on any atom is 0.220 e. The smallest absolute Gasteiger partial charge is 0.220 e. The van der Waals surface area contributed by atoms with Crippen molar-refractivity contribution in [2.75, 3.05) is 13.2 Å². The van der Waals surface area contributed by atoms with Crippen LogP contribution in [0.15, 0.2) is 24.3 Å². The lowest BCUT2D eigenvalue weighted by Gasteiger charge is -2.20. The fourth-order valence-electron chi connectivity index (χ4n) is 1.79. The van der Waals surface area contributed by atoms with E-state index in [1.165, 1.54) is 6.92 Å². The molecule has 0 spiro atoms. The number of imidazole rings is 1. The molecule has 1 amide bonds. The summed E-state index contributed by atoms with van der Waals surface area (Å²) in [5.74, 6) is 0.578. The standard InChI is InChI=1S/C14H19N3O3/c1-14(20,9-18)8-15-13(19)7-6-12-16-10-4-2-3-5-11(10)17-12/h2-5,18,20H,6-9H2,1H3,(H,15,19)(H,16,17). The Hall–Kier alpha value is -1.92. The number of benzene rings is 1. The highest BCUT2D eigenvalue weighted by molar-refractivity contribution is 5.77. The van der Waals surface area contributed by atoms with Gasteiger partial charge in [-0.05, 0) is 19.1 Å². The van der Waals surface area contributed by atoms with Crippen molar-refractivity contribution in [3.63, 3.8) is 0 Å². The number of hydrogen-bond donors (Lipinski definition) is 4. The summed E-state index contributed by atoms with van der Waals surface area (Å²) in [6, 6.07) is 7.68. The van der Waals surface area contributed by atoms with Crippen LogP contribution in [0.1, 0.15) is 19.2 Å². The molecule has 0 saturated carbocycles. The monoisotopic (exact) mass is 277 g/mol. The Morgan fingerprint density at radius 1 is 1.45 bits per heavy atom. The van der Waals surface area contributed by atoms with Crippen LogP contribution in [-0.2, 0) is 11.2 Å². The molecule has 1 unspecified atom stereocenters. The van der Waals surface area contributed by atoms with Gasteiger partial charge in [0, 0.05) is 19.4 Å². The van der Waals surface area contributed by atoms with Gasteiger partial charge in [-0.2, -0.15) is 0 Å². The van der Waals surface area contributed by atoms with Gasteiger partial charge in [0.1, 0.15) is 11.4 Å². The average molecular weight is 277 g/mol. The number of rotatable bonds is 6. The zero-order chi connectivity index (χ0) is 14.6. The molecule has 0 bridgehead atoms. The summed E-state index contributed by atoms with van der Waals surface area (Å²) in [6.07, 6.45) is 0.781. The maximum absolute atomic E-state index is 11.6. The highest BCUT2D eigenvalue weighted by Crippen LogP contribution is 2.11. The average Bonchev–Trinajstić information content (AvgIpc) is 2.86. The lowest BCUT2D eigenvalue weighted by atomic mass is 10.1. The van der Waals surface area contributed by atoms with E-state index in [4.69, 9.17) is 5.11 Å². The molecule has 1 aromatic carbocycles. The first kappa shape index (κ1) is 14.5. The van der Waals surface area contributed by atoms with Crippen LogP contribution < -0.4 is 5.32 Å². The normalized spacial score (nSPS) is 14.2. The van der Waals surface area contributed by atoms with E-state index in [9.17, 15) is 9.90 Å². The molecule has 108 valence electrons. The van der Waals surface area contributed by atoms with Gasteiger partial charge in [0.2, 0.25) is 5.91 Å². The third-order valence-electron chi connectivity index (χ3n) is 3.03. The number of aromatic nitrogens is 2. The number of carbonyl (C=O) groups is 1. The van der Waals surface area contributed by atoms with Crippen LogP contribution in [-0.4, -0.2) is 44.8 Å². The minimum absolute atomic E-state index is 0.0302. The van der Waals surface area contributed by atoms with E-state index in [1.54, 1.807) is 0 Å². The Bertz CT molecular complexity index is 559. The van der Waals surface area contributed by atoms with Gasteiger partial charge in [-0.1, -0.05) is 12.1 Å². The van der Waals surface area contributed by atoms with Crippen molar-refractivity contribution in [1.29, 1.82) is 0 Å². The van der Waals surface area contributed by atoms with Gasteiger partial charge >= 0.3 is 0 Å². The van der Waals surface area contributed by atoms with Crippen molar-refractivity contribution in [2.24, 2.45) is 0 Å². The maximum atomic E-state index is 11.6. The molecule has 20 heavy (non-hydrogen) atoms. The summed E-state index contributed by atoms with van der Waals surface area (Å²) < 4.78 is 0. The number of nitrogens with one attached hydrogen (secondary N) is 2. The van der Waals surface area contributed by atoms with Gasteiger partial charge in [0.05, 0.1) is 17.6 Å². The number of carbonyl (C=O) groups excluding carboxylic acids is 1. The molecule has 0 saturated heterocycles. The highest BCUT2D eigenvalue weighted by atomic mass is 16.3. The van der Waals surface area contributed by atoms with Crippen LogP contribution in [0.3, 0.4) is 0 Å². The zero-order valence-corrected chi connectivity index (χ0v) is 11.4. The number of aliphatic hydroxyl groups excluding tert-OH is 1. The Balaban J connectivity index is 1.84. The summed E-state index contributed by atoms with van der Waals surface area (Å²) in [5, 5.41) is 21.0. The van der Waals surface area contributed by atoms with Crippen molar-refractivity contribution < 1.29 is 15.0 Å². The SMILES string of the molecule is CC(O)(CO)CNC(=O)CCc1nc2ccccc2[nH]1. The van der Waals surface area contributed by atoms with Gasteiger partial charge in [-0.15, -0.1) is 0 Å². The second-order valence-corrected chi connectivity index (χ2v) is 5.13. The molecule has 1 heterocycles. The first-order chi connectivity index (χ1) is 9.50. The van der Waals surface area contributed by atoms with Crippen LogP contribution in [0.25, 0.3) is 11.0 Å². The number of hydrogen-bond acceptors (Lipinski definition) is 4. The predicted octanol–water partition coefficient (Wildman–Crippen LogP) is 0.355. The first-order valence-electron chi connectivity index (χ1n) is 6.54. The molecule has 0 aliphatic heterocycles. The number of aliphatic hydroxyl groups is 2. The Labute approximate surface area is 116 Å². The van der Waals surface area contributed by atoms with Crippen LogP contribution in [0.2, 0.25) is 0 Å². The van der Waals surface area contributed by atoms with E-state index >= 15 is 0 Å². The predicted molar refractivity (Wildman–Crippen MR) is 75.1 cm³/mol. The molecule has 6 heteroatoms. The van der Waals surface area contributed by atoms with E-state index in [2.05, 4.69) is 15.3 Å². The molecule has 2 rings (SSSR count). The molecule has 0 aliphatic carbocycles. The lowest BCUT2D eigenvalue weighted by Crippen LogP contribution is -2.43. The third-order valence-corrected chi connectivity index (χ3v) is 3.03. The third kappa shape index (κ3) is 3.79. The van der Waals surface area contributed by atoms with Gasteiger partial charge in [0.25, 0.3) is 0 Å². The highest BCUT2D eigenvalue weighted by Gasteiger charge is 2.19. The van der Waals surface area contributed by atoms with Crippen molar-refractivity contribution in [2.45, 2.75) is 25.4 Å². The van der Waals surface area contributed by atoms with Gasteiger partial charge in [-0.25, -0.2) is 4.98 Å². The van der Waals surface area contributed by atoms with Crippen LogP contribution in [0.4, 0.5) is 0 Å². The number of para-hydroxylation sites is 2.